The Kier molecular flexibility index (Phi) is 4.88. The van der Waals surface area contributed by atoms with Crippen molar-refractivity contribution in [2.45, 2.75) is 6.54 Å². The van der Waals surface area contributed by atoms with Gasteiger partial charge in [-0.15, -0.1) is 0 Å². The van der Waals surface area contributed by atoms with E-state index in [0.717, 1.165) is 32.7 Å². The highest BCUT2D eigenvalue weighted by Gasteiger charge is 2.23. The van der Waals surface area contributed by atoms with Crippen LogP contribution in [0.4, 0.5) is 14.9 Å². The molecule has 1 heterocycles. The maximum Gasteiger partial charge on any atom is 0.322 e. The van der Waals surface area contributed by atoms with Gasteiger partial charge in [-0.3, -0.25) is 0 Å². The first-order valence-electron chi connectivity index (χ1n) is 7.90. The summed E-state index contributed by atoms with van der Waals surface area (Å²) in [5, 5.41) is 2.81. The number of carbonyl (C=O) groups is 1. The lowest BCUT2D eigenvalue weighted by molar-refractivity contribution is -0.917. The van der Waals surface area contributed by atoms with Gasteiger partial charge in [0.1, 0.15) is 12.4 Å². The molecule has 1 fully saturated rings. The van der Waals surface area contributed by atoms with Crippen LogP contribution in [0.1, 0.15) is 5.56 Å². The van der Waals surface area contributed by atoms with E-state index in [1.807, 2.05) is 11.0 Å². The molecule has 0 bridgehead atoms. The predicted octanol–water partition coefficient (Wildman–Crippen LogP) is 1.76. The second kappa shape index (κ2) is 7.24. The largest absolute Gasteiger partial charge is 0.328 e. The minimum atomic E-state index is -0.305. The second-order valence-electron chi connectivity index (χ2n) is 5.84. The van der Waals surface area contributed by atoms with Crippen LogP contribution in [0.25, 0.3) is 0 Å². The molecular formula is C18H21FN3O+. The van der Waals surface area contributed by atoms with Crippen molar-refractivity contribution in [2.75, 3.05) is 31.5 Å². The van der Waals surface area contributed by atoms with Crippen molar-refractivity contribution in [1.29, 1.82) is 0 Å². The van der Waals surface area contributed by atoms with E-state index in [1.54, 1.807) is 12.1 Å². The fraction of sp³-hybridized carbons (Fsp3) is 0.278. The number of urea groups is 1. The zero-order chi connectivity index (χ0) is 16.1. The molecule has 0 unspecified atom stereocenters. The van der Waals surface area contributed by atoms with Crippen molar-refractivity contribution in [3.05, 3.63) is 66.0 Å². The molecule has 0 atom stereocenters. The van der Waals surface area contributed by atoms with Crippen LogP contribution in [-0.4, -0.2) is 37.1 Å². The summed E-state index contributed by atoms with van der Waals surface area (Å²) < 4.78 is 12.9. The van der Waals surface area contributed by atoms with Crippen LogP contribution in [0.15, 0.2) is 54.6 Å². The van der Waals surface area contributed by atoms with Gasteiger partial charge in [-0.05, 0) is 24.3 Å². The molecule has 0 radical (unpaired) electrons. The number of nitrogens with one attached hydrogen (secondary N) is 2. The van der Waals surface area contributed by atoms with Gasteiger partial charge in [0.2, 0.25) is 0 Å². The van der Waals surface area contributed by atoms with Crippen molar-refractivity contribution >= 4 is 11.7 Å². The Labute approximate surface area is 135 Å². The Morgan fingerprint density at radius 1 is 1.04 bits per heavy atom. The third-order valence-corrected chi connectivity index (χ3v) is 4.15. The first-order valence-corrected chi connectivity index (χ1v) is 7.90. The molecule has 1 aliphatic rings. The zero-order valence-corrected chi connectivity index (χ0v) is 13.0. The molecule has 3 rings (SSSR count). The lowest BCUT2D eigenvalue weighted by Crippen LogP contribution is -3.13. The first-order chi connectivity index (χ1) is 11.2. The lowest BCUT2D eigenvalue weighted by atomic mass is 10.2. The van der Waals surface area contributed by atoms with Gasteiger partial charge in [0.05, 0.1) is 26.2 Å². The van der Waals surface area contributed by atoms with Gasteiger partial charge in [-0.25, -0.2) is 9.18 Å². The van der Waals surface area contributed by atoms with E-state index < -0.39 is 0 Å². The Bertz CT molecular complexity index is 637. The fourth-order valence-electron chi connectivity index (χ4n) is 2.82. The highest BCUT2D eigenvalue weighted by atomic mass is 19.1. The van der Waals surface area contributed by atoms with Crippen LogP contribution in [-0.2, 0) is 6.54 Å². The molecule has 0 aromatic heterocycles. The minimum absolute atomic E-state index is 0.115. The third-order valence-electron chi connectivity index (χ3n) is 4.15. The molecule has 0 aliphatic carbocycles. The Morgan fingerprint density at radius 2 is 1.70 bits per heavy atom. The van der Waals surface area contributed by atoms with Crippen LogP contribution in [0.5, 0.6) is 0 Å². The number of carbonyl (C=O) groups excluding carboxylic acids is 1. The summed E-state index contributed by atoms with van der Waals surface area (Å²) in [6.07, 6.45) is 0. The number of hydrogen-bond donors (Lipinski definition) is 2. The van der Waals surface area contributed by atoms with Gasteiger partial charge in [0, 0.05) is 11.3 Å². The SMILES string of the molecule is O=C(Nc1ccc(F)cc1)N1CC[NH+](Cc2ccccc2)CC1. The van der Waals surface area contributed by atoms with Gasteiger partial charge in [-0.2, -0.15) is 0 Å². The predicted molar refractivity (Wildman–Crippen MR) is 87.8 cm³/mol. The quantitative estimate of drug-likeness (QED) is 0.890. The highest BCUT2D eigenvalue weighted by molar-refractivity contribution is 5.89. The Morgan fingerprint density at radius 3 is 2.35 bits per heavy atom. The molecule has 0 spiro atoms. The van der Waals surface area contributed by atoms with Gasteiger partial charge >= 0.3 is 6.03 Å². The van der Waals surface area contributed by atoms with E-state index in [9.17, 15) is 9.18 Å². The molecule has 0 saturated carbocycles. The van der Waals surface area contributed by atoms with E-state index in [4.69, 9.17) is 0 Å². The number of amides is 2. The van der Waals surface area contributed by atoms with Crippen molar-refractivity contribution in [3.8, 4) is 0 Å². The summed E-state index contributed by atoms with van der Waals surface area (Å²) in [6.45, 7) is 4.33. The standard InChI is InChI=1S/C18H20FN3O/c19-16-6-8-17(9-7-16)20-18(23)22-12-10-21(11-13-22)14-15-4-2-1-3-5-15/h1-9H,10-14H2,(H,20,23)/p+1. The van der Waals surface area contributed by atoms with E-state index in [1.165, 1.54) is 22.6 Å². The first kappa shape index (κ1) is 15.5. The number of piperazine rings is 1. The van der Waals surface area contributed by atoms with Crippen LogP contribution < -0.4 is 10.2 Å². The molecule has 1 aliphatic heterocycles. The maximum absolute atomic E-state index is 12.9. The van der Waals surface area contributed by atoms with Crippen molar-refractivity contribution in [1.82, 2.24) is 4.90 Å². The van der Waals surface area contributed by atoms with Crippen molar-refractivity contribution in [2.24, 2.45) is 0 Å². The minimum Gasteiger partial charge on any atom is -0.328 e. The summed E-state index contributed by atoms with van der Waals surface area (Å²) in [5.41, 5.74) is 1.95. The Balaban J connectivity index is 1.48. The number of hydrogen-bond acceptors (Lipinski definition) is 1. The van der Waals surface area contributed by atoms with Gasteiger partial charge in [0.25, 0.3) is 0 Å². The summed E-state index contributed by atoms with van der Waals surface area (Å²) in [6, 6.07) is 16.1. The van der Waals surface area contributed by atoms with Crippen molar-refractivity contribution < 1.29 is 14.1 Å². The van der Waals surface area contributed by atoms with Gasteiger partial charge in [-0.1, -0.05) is 30.3 Å². The molecule has 5 heteroatoms. The smallest absolute Gasteiger partial charge is 0.322 e. The van der Waals surface area contributed by atoms with E-state index in [0.29, 0.717) is 5.69 Å². The number of halogens is 1. The average molecular weight is 314 g/mol. The summed E-state index contributed by atoms with van der Waals surface area (Å²) in [4.78, 5) is 15.5. The molecule has 23 heavy (non-hydrogen) atoms. The molecule has 2 aromatic carbocycles. The monoisotopic (exact) mass is 314 g/mol. The van der Waals surface area contributed by atoms with Gasteiger partial charge < -0.3 is 15.1 Å². The summed E-state index contributed by atoms with van der Waals surface area (Å²) in [5.74, 6) is -0.305. The normalized spacial score (nSPS) is 15.4. The number of anilines is 1. The molecule has 4 nitrogen and oxygen atoms in total. The van der Waals surface area contributed by atoms with E-state index in [-0.39, 0.29) is 11.8 Å². The van der Waals surface area contributed by atoms with Crippen LogP contribution in [0.2, 0.25) is 0 Å². The molecular weight excluding hydrogens is 293 g/mol. The average Bonchev–Trinajstić information content (AvgIpc) is 2.58. The van der Waals surface area contributed by atoms with Crippen LogP contribution in [0, 0.1) is 5.82 Å². The lowest BCUT2D eigenvalue weighted by Gasteiger charge is -2.32. The summed E-state index contributed by atoms with van der Waals surface area (Å²) >= 11 is 0. The zero-order valence-electron chi connectivity index (χ0n) is 13.0. The maximum atomic E-state index is 12.9. The van der Waals surface area contributed by atoms with Gasteiger partial charge in [0.15, 0.2) is 0 Å². The summed E-state index contributed by atoms with van der Waals surface area (Å²) in [7, 11) is 0. The van der Waals surface area contributed by atoms with Crippen LogP contribution >= 0.6 is 0 Å². The highest BCUT2D eigenvalue weighted by Crippen LogP contribution is 2.09. The van der Waals surface area contributed by atoms with Crippen LogP contribution in [0.3, 0.4) is 0 Å². The second-order valence-corrected chi connectivity index (χ2v) is 5.84. The molecule has 2 N–H and O–H groups in total. The molecule has 2 aromatic rings. The molecule has 1 saturated heterocycles. The van der Waals surface area contributed by atoms with E-state index in [2.05, 4.69) is 29.6 Å². The number of quaternary nitrogens is 1. The number of benzene rings is 2. The Hall–Kier alpha value is -2.40. The van der Waals surface area contributed by atoms with E-state index >= 15 is 0 Å². The molecule has 120 valence electrons. The molecule has 2 amide bonds. The number of rotatable bonds is 3. The third kappa shape index (κ3) is 4.29. The number of nitrogens with zero attached hydrogens (tertiary/aromatic N) is 1. The topological polar surface area (TPSA) is 36.8 Å². The van der Waals surface area contributed by atoms with Crippen molar-refractivity contribution in [3.63, 3.8) is 0 Å². The fourth-order valence-corrected chi connectivity index (χ4v) is 2.82.